The maximum absolute atomic E-state index is 13.5. The van der Waals surface area contributed by atoms with Gasteiger partial charge in [-0.3, -0.25) is 9.78 Å². The standard InChI is InChI=1S/C25H27N3O5S/c1-32-13-14-33-23-20(15-18(16-27-23)17-5-2-6-17)25(10-11-25)24(29)28-34(30,31)22-9-3-8-21-19(22)7-4-12-26-21/h3-4,7-9,12,15-17H,2,5-6,10-11,13-14H2,1H3,(H,28,29). The van der Waals surface area contributed by atoms with Crippen molar-refractivity contribution in [2.75, 3.05) is 20.3 Å². The summed E-state index contributed by atoms with van der Waals surface area (Å²) in [4.78, 5) is 22.3. The van der Waals surface area contributed by atoms with Gasteiger partial charge >= 0.3 is 0 Å². The lowest BCUT2D eigenvalue weighted by atomic mass is 9.79. The molecule has 0 aliphatic heterocycles. The largest absolute Gasteiger partial charge is 0.475 e. The van der Waals surface area contributed by atoms with Gasteiger partial charge in [0.2, 0.25) is 11.8 Å². The van der Waals surface area contributed by atoms with Gasteiger partial charge in [0.1, 0.15) is 6.61 Å². The van der Waals surface area contributed by atoms with Gasteiger partial charge in [-0.15, -0.1) is 0 Å². The summed E-state index contributed by atoms with van der Waals surface area (Å²) in [5, 5.41) is 0.465. The van der Waals surface area contributed by atoms with Crippen molar-refractivity contribution in [1.82, 2.24) is 14.7 Å². The first kappa shape index (κ1) is 22.7. The van der Waals surface area contributed by atoms with Crippen LogP contribution in [0.15, 0.2) is 53.7 Å². The Labute approximate surface area is 198 Å². The van der Waals surface area contributed by atoms with Gasteiger partial charge in [-0.05, 0) is 67.5 Å². The molecule has 8 nitrogen and oxygen atoms in total. The number of nitrogens with one attached hydrogen (secondary N) is 1. The van der Waals surface area contributed by atoms with Gasteiger partial charge < -0.3 is 9.47 Å². The minimum absolute atomic E-state index is 0.0279. The first-order valence-corrected chi connectivity index (χ1v) is 13.0. The number of hydrogen-bond acceptors (Lipinski definition) is 7. The molecule has 2 heterocycles. The fourth-order valence-corrected chi connectivity index (χ4v) is 5.71. The van der Waals surface area contributed by atoms with E-state index in [-0.39, 0.29) is 11.5 Å². The minimum Gasteiger partial charge on any atom is -0.475 e. The van der Waals surface area contributed by atoms with Crippen molar-refractivity contribution >= 4 is 26.8 Å². The van der Waals surface area contributed by atoms with Crippen LogP contribution in [0.1, 0.15) is 49.1 Å². The van der Waals surface area contributed by atoms with E-state index in [1.807, 2.05) is 12.3 Å². The van der Waals surface area contributed by atoms with Crippen LogP contribution < -0.4 is 9.46 Å². The third-order valence-corrected chi connectivity index (χ3v) is 8.19. The monoisotopic (exact) mass is 481 g/mol. The molecule has 1 aromatic carbocycles. The summed E-state index contributed by atoms with van der Waals surface area (Å²) < 4.78 is 39.8. The van der Waals surface area contributed by atoms with Gasteiger partial charge in [-0.2, -0.15) is 0 Å². The predicted octanol–water partition coefficient (Wildman–Crippen LogP) is 3.46. The molecule has 2 aliphatic rings. The van der Waals surface area contributed by atoms with Crippen LogP contribution in [0.25, 0.3) is 10.9 Å². The minimum atomic E-state index is -4.11. The van der Waals surface area contributed by atoms with Crippen molar-refractivity contribution in [3.05, 3.63) is 59.9 Å². The van der Waals surface area contributed by atoms with E-state index in [1.54, 1.807) is 37.6 Å². The van der Waals surface area contributed by atoms with E-state index >= 15 is 0 Å². The third kappa shape index (κ3) is 4.14. The van der Waals surface area contributed by atoms with E-state index in [0.717, 1.165) is 18.4 Å². The summed E-state index contributed by atoms with van der Waals surface area (Å²) in [7, 11) is -2.53. The number of rotatable bonds is 9. The van der Waals surface area contributed by atoms with Crippen molar-refractivity contribution < 1.29 is 22.7 Å². The third-order valence-electron chi connectivity index (χ3n) is 6.80. The van der Waals surface area contributed by atoms with E-state index < -0.39 is 21.3 Å². The Morgan fingerprint density at radius 3 is 2.68 bits per heavy atom. The first-order valence-electron chi connectivity index (χ1n) is 11.5. The lowest BCUT2D eigenvalue weighted by molar-refractivity contribution is -0.121. The summed E-state index contributed by atoms with van der Waals surface area (Å²) in [6.07, 6.45) is 7.83. The number of nitrogens with zero attached hydrogens (tertiary/aromatic N) is 2. The highest BCUT2D eigenvalue weighted by Gasteiger charge is 2.54. The second kappa shape index (κ2) is 8.96. The number of carbonyl (C=O) groups excluding carboxylic acids is 1. The fraction of sp³-hybridized carbons (Fsp3) is 0.400. The number of fused-ring (bicyclic) bond motifs is 1. The molecule has 178 valence electrons. The van der Waals surface area contributed by atoms with Crippen molar-refractivity contribution in [3.8, 4) is 5.88 Å². The highest BCUT2D eigenvalue weighted by atomic mass is 32.2. The SMILES string of the molecule is COCCOc1ncc(C2CCC2)cc1C1(C(=O)NS(=O)(=O)c2cccc3ncccc23)CC1. The number of carbonyl (C=O) groups is 1. The molecule has 0 radical (unpaired) electrons. The van der Waals surface area contributed by atoms with Gasteiger partial charge in [0, 0.05) is 30.5 Å². The zero-order chi connectivity index (χ0) is 23.8. The maximum atomic E-state index is 13.5. The lowest BCUT2D eigenvalue weighted by Crippen LogP contribution is -2.39. The van der Waals surface area contributed by atoms with Gasteiger partial charge in [0.15, 0.2) is 0 Å². The van der Waals surface area contributed by atoms with E-state index in [0.29, 0.717) is 47.7 Å². The molecule has 0 bridgehead atoms. The molecule has 1 amide bonds. The summed E-state index contributed by atoms with van der Waals surface area (Å²) >= 11 is 0. The van der Waals surface area contributed by atoms with E-state index in [9.17, 15) is 13.2 Å². The number of amides is 1. The van der Waals surface area contributed by atoms with Crippen LogP contribution in [0.4, 0.5) is 0 Å². The summed E-state index contributed by atoms with van der Waals surface area (Å²) in [6, 6.07) is 10.2. The number of pyridine rings is 2. The second-order valence-electron chi connectivity index (χ2n) is 8.93. The first-order chi connectivity index (χ1) is 16.4. The molecule has 5 rings (SSSR count). The summed E-state index contributed by atoms with van der Waals surface area (Å²) in [5.74, 6) is 0.224. The Morgan fingerprint density at radius 2 is 1.97 bits per heavy atom. The predicted molar refractivity (Wildman–Crippen MR) is 126 cm³/mol. The molecule has 2 saturated carbocycles. The molecule has 1 N–H and O–H groups in total. The average molecular weight is 482 g/mol. The van der Waals surface area contributed by atoms with Crippen LogP contribution in [0, 0.1) is 0 Å². The Hall–Kier alpha value is -3.04. The Bertz CT molecular complexity index is 1330. The second-order valence-corrected chi connectivity index (χ2v) is 10.6. The molecular weight excluding hydrogens is 454 g/mol. The molecule has 3 aromatic rings. The highest BCUT2D eigenvalue weighted by molar-refractivity contribution is 7.90. The quantitative estimate of drug-likeness (QED) is 0.466. The molecule has 9 heteroatoms. The average Bonchev–Trinajstić information content (AvgIpc) is 3.60. The van der Waals surface area contributed by atoms with Crippen LogP contribution in [0.3, 0.4) is 0 Å². The van der Waals surface area contributed by atoms with E-state index in [1.165, 1.54) is 12.5 Å². The van der Waals surface area contributed by atoms with Crippen LogP contribution in [0.2, 0.25) is 0 Å². The molecule has 0 saturated heterocycles. The number of sulfonamides is 1. The zero-order valence-corrected chi connectivity index (χ0v) is 19.8. The molecule has 2 aromatic heterocycles. The van der Waals surface area contributed by atoms with Crippen LogP contribution in [-0.2, 0) is 25.0 Å². The van der Waals surface area contributed by atoms with Gasteiger partial charge in [0.05, 0.1) is 22.4 Å². The summed E-state index contributed by atoms with van der Waals surface area (Å²) in [5.41, 5.74) is 1.29. The number of aromatic nitrogens is 2. The molecule has 34 heavy (non-hydrogen) atoms. The van der Waals surface area contributed by atoms with Gasteiger partial charge in [0.25, 0.3) is 10.0 Å². The number of ether oxygens (including phenoxy) is 2. The molecule has 2 fully saturated rings. The van der Waals surface area contributed by atoms with E-state index in [4.69, 9.17) is 9.47 Å². The smallest absolute Gasteiger partial charge is 0.264 e. The molecule has 0 spiro atoms. The summed E-state index contributed by atoms with van der Waals surface area (Å²) in [6.45, 7) is 0.673. The van der Waals surface area contributed by atoms with Crippen molar-refractivity contribution in [2.45, 2.75) is 48.3 Å². The van der Waals surface area contributed by atoms with Gasteiger partial charge in [-0.1, -0.05) is 12.5 Å². The number of benzene rings is 1. The lowest BCUT2D eigenvalue weighted by Gasteiger charge is -2.27. The van der Waals surface area contributed by atoms with Crippen LogP contribution in [-0.4, -0.2) is 44.6 Å². The highest BCUT2D eigenvalue weighted by Crippen LogP contribution is 2.52. The van der Waals surface area contributed by atoms with E-state index in [2.05, 4.69) is 14.7 Å². The van der Waals surface area contributed by atoms with Crippen molar-refractivity contribution in [2.24, 2.45) is 0 Å². The topological polar surface area (TPSA) is 107 Å². The van der Waals surface area contributed by atoms with Crippen molar-refractivity contribution in [3.63, 3.8) is 0 Å². The maximum Gasteiger partial charge on any atom is 0.264 e. The van der Waals surface area contributed by atoms with Gasteiger partial charge in [-0.25, -0.2) is 18.1 Å². The zero-order valence-electron chi connectivity index (χ0n) is 19.0. The Kier molecular flexibility index (Phi) is 5.99. The molecule has 0 unspecified atom stereocenters. The normalized spacial score (nSPS) is 17.2. The molecular formula is C25H27N3O5S. The Morgan fingerprint density at radius 1 is 1.15 bits per heavy atom. The van der Waals surface area contributed by atoms with Crippen LogP contribution in [0.5, 0.6) is 5.88 Å². The Balaban J connectivity index is 1.47. The van der Waals surface area contributed by atoms with Crippen LogP contribution >= 0.6 is 0 Å². The fourth-order valence-electron chi connectivity index (χ4n) is 4.44. The number of methoxy groups -OCH3 is 1. The number of hydrogen-bond donors (Lipinski definition) is 1. The molecule has 2 aliphatic carbocycles. The van der Waals surface area contributed by atoms with Crippen molar-refractivity contribution in [1.29, 1.82) is 0 Å². The molecule has 0 atom stereocenters.